The molecule has 1 aromatic carbocycles. The first-order valence-corrected chi connectivity index (χ1v) is 8.50. The van der Waals surface area contributed by atoms with E-state index in [0.717, 1.165) is 23.8 Å². The standard InChI is InChI=1S/C18H29N3O2.HI/c1-19-18(21-16-9-4-3-5-10-16)20-12-13-23-14-15-8-6-7-11-17(15)22-2;/h6-8,11,16H,3-5,9-10,12-14H2,1-2H3,(H2,19,20,21);1H. The summed E-state index contributed by atoms with van der Waals surface area (Å²) >= 11 is 0. The lowest BCUT2D eigenvalue weighted by molar-refractivity contribution is 0.123. The molecule has 1 saturated carbocycles. The lowest BCUT2D eigenvalue weighted by Gasteiger charge is -2.24. The average Bonchev–Trinajstić information content (AvgIpc) is 2.61. The van der Waals surface area contributed by atoms with Crippen LogP contribution in [0.5, 0.6) is 5.75 Å². The highest BCUT2D eigenvalue weighted by atomic mass is 127. The Morgan fingerprint density at radius 2 is 1.96 bits per heavy atom. The number of hydrogen-bond donors (Lipinski definition) is 2. The molecule has 6 heteroatoms. The molecule has 1 aliphatic rings. The quantitative estimate of drug-likeness (QED) is 0.292. The molecular formula is C18H30IN3O2. The van der Waals surface area contributed by atoms with E-state index in [-0.39, 0.29) is 24.0 Å². The minimum atomic E-state index is 0. The number of aliphatic imine (C=N–C) groups is 1. The monoisotopic (exact) mass is 447 g/mol. The average molecular weight is 447 g/mol. The molecule has 0 heterocycles. The fourth-order valence-electron chi connectivity index (χ4n) is 2.88. The summed E-state index contributed by atoms with van der Waals surface area (Å²) in [6.07, 6.45) is 6.48. The summed E-state index contributed by atoms with van der Waals surface area (Å²) in [6.45, 7) is 1.92. The molecule has 0 amide bonds. The number of guanidine groups is 1. The summed E-state index contributed by atoms with van der Waals surface area (Å²) in [4.78, 5) is 4.28. The fraction of sp³-hybridized carbons (Fsp3) is 0.611. The number of rotatable bonds is 7. The highest BCUT2D eigenvalue weighted by molar-refractivity contribution is 14.0. The molecule has 0 aliphatic heterocycles. The Hall–Kier alpha value is -1.02. The van der Waals surface area contributed by atoms with Crippen LogP contribution in [0.15, 0.2) is 29.3 Å². The van der Waals surface area contributed by atoms with Crippen LogP contribution in [0.2, 0.25) is 0 Å². The Labute approximate surface area is 162 Å². The molecule has 0 radical (unpaired) electrons. The summed E-state index contributed by atoms with van der Waals surface area (Å²) in [5.41, 5.74) is 1.07. The number of methoxy groups -OCH3 is 1. The van der Waals surface area contributed by atoms with Crippen LogP contribution < -0.4 is 15.4 Å². The van der Waals surface area contributed by atoms with Crippen LogP contribution in [0.3, 0.4) is 0 Å². The van der Waals surface area contributed by atoms with Crippen LogP contribution in [0.1, 0.15) is 37.7 Å². The van der Waals surface area contributed by atoms with Crippen LogP contribution in [-0.2, 0) is 11.3 Å². The van der Waals surface area contributed by atoms with E-state index >= 15 is 0 Å². The number of nitrogens with one attached hydrogen (secondary N) is 2. The Kier molecular flexibility index (Phi) is 10.8. The van der Waals surface area contributed by atoms with E-state index in [1.165, 1.54) is 32.1 Å². The summed E-state index contributed by atoms with van der Waals surface area (Å²) in [7, 11) is 3.50. The Morgan fingerprint density at radius 1 is 1.21 bits per heavy atom. The topological polar surface area (TPSA) is 54.9 Å². The van der Waals surface area contributed by atoms with Gasteiger partial charge < -0.3 is 20.1 Å². The number of ether oxygens (including phenoxy) is 2. The van der Waals surface area contributed by atoms with Crippen LogP contribution in [0.4, 0.5) is 0 Å². The fourth-order valence-corrected chi connectivity index (χ4v) is 2.88. The molecule has 0 aromatic heterocycles. The van der Waals surface area contributed by atoms with Crippen molar-refractivity contribution in [3.8, 4) is 5.75 Å². The maximum atomic E-state index is 5.72. The second-order valence-electron chi connectivity index (χ2n) is 5.84. The first-order valence-electron chi connectivity index (χ1n) is 8.50. The molecule has 2 rings (SSSR count). The van der Waals surface area contributed by atoms with E-state index in [4.69, 9.17) is 9.47 Å². The summed E-state index contributed by atoms with van der Waals surface area (Å²) < 4.78 is 11.0. The maximum absolute atomic E-state index is 5.72. The van der Waals surface area contributed by atoms with Gasteiger partial charge in [-0.25, -0.2) is 0 Å². The molecule has 0 spiro atoms. The summed E-state index contributed by atoms with van der Waals surface area (Å²) in [5, 5.41) is 6.81. The van der Waals surface area contributed by atoms with E-state index in [1.54, 1.807) is 7.11 Å². The van der Waals surface area contributed by atoms with Crippen LogP contribution in [-0.4, -0.2) is 39.3 Å². The lowest BCUT2D eigenvalue weighted by atomic mass is 9.96. The normalized spacial score (nSPS) is 15.5. The number of hydrogen-bond acceptors (Lipinski definition) is 3. The van der Waals surface area contributed by atoms with Crippen LogP contribution >= 0.6 is 24.0 Å². The van der Waals surface area contributed by atoms with Gasteiger partial charge in [0, 0.05) is 25.2 Å². The van der Waals surface area contributed by atoms with Gasteiger partial charge in [0.2, 0.25) is 0 Å². The largest absolute Gasteiger partial charge is 0.496 e. The van der Waals surface area contributed by atoms with Gasteiger partial charge in [0.25, 0.3) is 0 Å². The predicted molar refractivity (Wildman–Crippen MR) is 109 cm³/mol. The van der Waals surface area contributed by atoms with Crippen molar-refractivity contribution in [2.24, 2.45) is 4.99 Å². The second-order valence-corrected chi connectivity index (χ2v) is 5.84. The van der Waals surface area contributed by atoms with E-state index in [2.05, 4.69) is 15.6 Å². The van der Waals surface area contributed by atoms with E-state index in [1.807, 2.05) is 31.3 Å². The molecule has 1 fully saturated rings. The van der Waals surface area contributed by atoms with Gasteiger partial charge in [0.1, 0.15) is 5.75 Å². The minimum absolute atomic E-state index is 0. The first-order chi connectivity index (χ1) is 11.3. The van der Waals surface area contributed by atoms with Gasteiger partial charge in [-0.1, -0.05) is 37.5 Å². The number of nitrogens with zero attached hydrogens (tertiary/aromatic N) is 1. The Morgan fingerprint density at radius 3 is 2.67 bits per heavy atom. The van der Waals surface area contributed by atoms with Crippen molar-refractivity contribution < 1.29 is 9.47 Å². The molecule has 1 aromatic rings. The third-order valence-corrected chi connectivity index (χ3v) is 4.16. The van der Waals surface area contributed by atoms with Crippen molar-refractivity contribution in [2.75, 3.05) is 27.3 Å². The molecule has 0 bridgehead atoms. The van der Waals surface area contributed by atoms with Gasteiger partial charge in [-0.15, -0.1) is 24.0 Å². The lowest BCUT2D eigenvalue weighted by Crippen LogP contribution is -2.45. The molecule has 136 valence electrons. The number of benzene rings is 1. The summed E-state index contributed by atoms with van der Waals surface area (Å²) in [5.74, 6) is 1.74. The SMILES string of the molecule is CN=C(NCCOCc1ccccc1OC)NC1CCCCC1.I. The van der Waals surface area contributed by atoms with E-state index in [0.29, 0.717) is 19.3 Å². The van der Waals surface area contributed by atoms with Crippen molar-refractivity contribution in [3.05, 3.63) is 29.8 Å². The Bertz CT molecular complexity index is 491. The van der Waals surface area contributed by atoms with E-state index < -0.39 is 0 Å². The van der Waals surface area contributed by atoms with Gasteiger partial charge in [0.15, 0.2) is 5.96 Å². The number of para-hydroxylation sites is 1. The van der Waals surface area contributed by atoms with Crippen molar-refractivity contribution >= 4 is 29.9 Å². The maximum Gasteiger partial charge on any atom is 0.191 e. The van der Waals surface area contributed by atoms with Crippen molar-refractivity contribution in [1.82, 2.24) is 10.6 Å². The molecule has 1 aliphatic carbocycles. The summed E-state index contributed by atoms with van der Waals surface area (Å²) in [6, 6.07) is 8.49. The predicted octanol–water partition coefficient (Wildman–Crippen LogP) is 3.33. The zero-order chi connectivity index (χ0) is 16.3. The van der Waals surface area contributed by atoms with E-state index in [9.17, 15) is 0 Å². The highest BCUT2D eigenvalue weighted by Gasteiger charge is 2.14. The van der Waals surface area contributed by atoms with Gasteiger partial charge in [-0.3, -0.25) is 4.99 Å². The van der Waals surface area contributed by atoms with Gasteiger partial charge in [0.05, 0.1) is 20.3 Å². The molecular weight excluding hydrogens is 417 g/mol. The van der Waals surface area contributed by atoms with Crippen molar-refractivity contribution in [1.29, 1.82) is 0 Å². The van der Waals surface area contributed by atoms with Gasteiger partial charge >= 0.3 is 0 Å². The molecule has 0 saturated heterocycles. The molecule has 24 heavy (non-hydrogen) atoms. The zero-order valence-corrected chi connectivity index (χ0v) is 17.0. The van der Waals surface area contributed by atoms with Crippen molar-refractivity contribution in [2.45, 2.75) is 44.8 Å². The number of halogens is 1. The first kappa shape index (κ1) is 21.0. The van der Waals surface area contributed by atoms with Gasteiger partial charge in [-0.2, -0.15) is 0 Å². The molecule has 0 atom stereocenters. The third kappa shape index (κ3) is 7.25. The highest BCUT2D eigenvalue weighted by Crippen LogP contribution is 2.18. The van der Waals surface area contributed by atoms with Crippen LogP contribution in [0, 0.1) is 0 Å². The molecule has 0 unspecified atom stereocenters. The smallest absolute Gasteiger partial charge is 0.191 e. The minimum Gasteiger partial charge on any atom is -0.496 e. The van der Waals surface area contributed by atoms with Crippen LogP contribution in [0.25, 0.3) is 0 Å². The molecule has 2 N–H and O–H groups in total. The molecule has 5 nitrogen and oxygen atoms in total. The second kappa shape index (κ2) is 12.4. The van der Waals surface area contributed by atoms with Crippen molar-refractivity contribution in [3.63, 3.8) is 0 Å². The van der Waals surface area contributed by atoms with Gasteiger partial charge in [-0.05, 0) is 18.9 Å². The third-order valence-electron chi connectivity index (χ3n) is 4.16. The zero-order valence-electron chi connectivity index (χ0n) is 14.7. The Balaban J connectivity index is 0.00000288.